The van der Waals surface area contributed by atoms with Crippen molar-refractivity contribution in [2.75, 3.05) is 0 Å². The molecule has 0 aliphatic heterocycles. The molecule has 0 bridgehead atoms. The van der Waals surface area contributed by atoms with Gasteiger partial charge in [-0.15, -0.1) is 11.3 Å². The topological polar surface area (TPSA) is 29.1 Å². The number of hydrogen-bond acceptors (Lipinski definition) is 2. The fourth-order valence-electron chi connectivity index (χ4n) is 1.13. The maximum atomic E-state index is 12.0. The summed E-state index contributed by atoms with van der Waals surface area (Å²) in [5.41, 5.74) is 0.367. The normalized spacial score (nSPS) is 13.6. The summed E-state index contributed by atoms with van der Waals surface area (Å²) < 4.78 is 36.8. The van der Waals surface area contributed by atoms with Gasteiger partial charge >= 0.3 is 6.18 Å². The first-order valence-electron chi connectivity index (χ1n) is 4.39. The van der Waals surface area contributed by atoms with E-state index in [0.29, 0.717) is 5.56 Å². The summed E-state index contributed by atoms with van der Waals surface area (Å²) in [5.74, 6) is -0.487. The van der Waals surface area contributed by atoms with Crippen molar-refractivity contribution in [3.05, 3.63) is 20.8 Å². The number of amides is 1. The van der Waals surface area contributed by atoms with E-state index in [4.69, 9.17) is 0 Å². The highest BCUT2D eigenvalue weighted by molar-refractivity contribution is 9.11. The van der Waals surface area contributed by atoms with Gasteiger partial charge in [0.05, 0.1) is 15.8 Å². The van der Waals surface area contributed by atoms with E-state index >= 15 is 0 Å². The van der Waals surface area contributed by atoms with E-state index < -0.39 is 24.5 Å². The van der Waals surface area contributed by atoms with Crippen molar-refractivity contribution >= 4 is 33.2 Å². The Morgan fingerprint density at radius 1 is 1.62 bits per heavy atom. The van der Waals surface area contributed by atoms with Crippen molar-refractivity contribution in [1.82, 2.24) is 5.32 Å². The minimum atomic E-state index is -4.26. The summed E-state index contributed by atoms with van der Waals surface area (Å²) in [5, 5.41) is 3.88. The minimum Gasteiger partial charge on any atom is -0.349 e. The predicted molar refractivity (Wildman–Crippen MR) is 59.6 cm³/mol. The molecule has 2 nitrogen and oxygen atoms in total. The van der Waals surface area contributed by atoms with Gasteiger partial charge in [0, 0.05) is 11.4 Å². The van der Waals surface area contributed by atoms with Crippen molar-refractivity contribution in [2.24, 2.45) is 0 Å². The summed E-state index contributed by atoms with van der Waals surface area (Å²) in [7, 11) is 0. The lowest BCUT2D eigenvalue weighted by Crippen LogP contribution is -2.35. The Labute approximate surface area is 103 Å². The molecule has 0 spiro atoms. The highest BCUT2D eigenvalue weighted by atomic mass is 79.9. The summed E-state index contributed by atoms with van der Waals surface area (Å²) in [4.78, 5) is 11.5. The van der Waals surface area contributed by atoms with Crippen LogP contribution in [0.4, 0.5) is 13.2 Å². The van der Waals surface area contributed by atoms with E-state index in [2.05, 4.69) is 21.2 Å². The number of carbonyl (C=O) groups is 1. The van der Waals surface area contributed by atoms with Crippen molar-refractivity contribution in [2.45, 2.75) is 25.6 Å². The minimum absolute atomic E-state index is 0.367. The lowest BCUT2D eigenvalue weighted by Gasteiger charge is -2.15. The van der Waals surface area contributed by atoms with Crippen LogP contribution in [0.3, 0.4) is 0 Å². The maximum Gasteiger partial charge on any atom is 0.391 e. The van der Waals surface area contributed by atoms with Gasteiger partial charge in [-0.25, -0.2) is 0 Å². The zero-order valence-electron chi connectivity index (χ0n) is 8.27. The van der Waals surface area contributed by atoms with E-state index in [-0.39, 0.29) is 0 Å². The number of alkyl halides is 3. The number of hydrogen-bond donors (Lipinski definition) is 1. The average Bonchev–Trinajstić information content (AvgIpc) is 2.47. The summed E-state index contributed by atoms with van der Waals surface area (Å²) in [6.45, 7) is 1.33. The van der Waals surface area contributed by atoms with Gasteiger partial charge in [-0.1, -0.05) is 0 Å². The Balaban J connectivity index is 2.52. The molecule has 16 heavy (non-hydrogen) atoms. The third-order valence-electron chi connectivity index (χ3n) is 1.74. The molecule has 1 aromatic heterocycles. The number of halogens is 4. The Kier molecular flexibility index (Phi) is 4.37. The first-order chi connectivity index (χ1) is 7.28. The number of carbonyl (C=O) groups excluding carboxylic acids is 1. The molecule has 1 unspecified atom stereocenters. The number of nitrogens with one attached hydrogen (secondary N) is 1. The van der Waals surface area contributed by atoms with Gasteiger partial charge in [0.25, 0.3) is 5.91 Å². The lowest BCUT2D eigenvalue weighted by molar-refractivity contribution is -0.138. The van der Waals surface area contributed by atoms with Gasteiger partial charge in [0.15, 0.2) is 0 Å². The molecule has 0 fully saturated rings. The molecule has 0 aliphatic carbocycles. The molecule has 0 saturated carbocycles. The van der Waals surface area contributed by atoms with Gasteiger partial charge in [-0.2, -0.15) is 13.2 Å². The third kappa shape index (κ3) is 4.52. The van der Waals surface area contributed by atoms with Crippen LogP contribution in [0.1, 0.15) is 23.7 Å². The second-order valence-electron chi connectivity index (χ2n) is 3.33. The highest BCUT2D eigenvalue weighted by Crippen LogP contribution is 2.23. The summed E-state index contributed by atoms with van der Waals surface area (Å²) >= 11 is 4.48. The smallest absolute Gasteiger partial charge is 0.349 e. The molecule has 0 aromatic carbocycles. The van der Waals surface area contributed by atoms with E-state index in [1.54, 1.807) is 11.4 Å². The second-order valence-corrected chi connectivity index (χ2v) is 5.62. The molecule has 1 rings (SSSR count). The number of thiophene rings is 1. The molecule has 90 valence electrons. The van der Waals surface area contributed by atoms with Gasteiger partial charge < -0.3 is 5.32 Å². The van der Waals surface area contributed by atoms with Crippen molar-refractivity contribution in [3.63, 3.8) is 0 Å². The monoisotopic (exact) mass is 315 g/mol. The van der Waals surface area contributed by atoms with Crippen LogP contribution < -0.4 is 5.32 Å². The molecule has 1 amide bonds. The van der Waals surface area contributed by atoms with Crippen LogP contribution >= 0.6 is 27.3 Å². The zero-order chi connectivity index (χ0) is 12.3. The van der Waals surface area contributed by atoms with Crippen LogP contribution in [-0.4, -0.2) is 18.1 Å². The van der Waals surface area contributed by atoms with Gasteiger partial charge in [0.2, 0.25) is 0 Å². The molecule has 1 N–H and O–H groups in total. The Bertz CT molecular complexity index is 377. The quantitative estimate of drug-likeness (QED) is 0.907. The molecular formula is C9H9BrF3NOS. The molecule has 0 radical (unpaired) electrons. The van der Waals surface area contributed by atoms with E-state index in [1.807, 2.05) is 0 Å². The first-order valence-corrected chi connectivity index (χ1v) is 6.07. The van der Waals surface area contributed by atoms with Gasteiger partial charge in [0.1, 0.15) is 0 Å². The molecule has 0 aliphatic rings. The van der Waals surface area contributed by atoms with Gasteiger partial charge in [-0.05, 0) is 28.9 Å². The van der Waals surface area contributed by atoms with Crippen LogP contribution in [0.2, 0.25) is 0 Å². The first kappa shape index (κ1) is 13.5. The molecule has 7 heteroatoms. The van der Waals surface area contributed by atoms with Crippen LogP contribution in [-0.2, 0) is 0 Å². The summed E-state index contributed by atoms with van der Waals surface area (Å²) in [6, 6.07) is 0.645. The SMILES string of the molecule is CC(CC(F)(F)F)NC(=O)c1csc(Br)c1. The molecular weight excluding hydrogens is 307 g/mol. The zero-order valence-corrected chi connectivity index (χ0v) is 10.7. The molecule has 1 aromatic rings. The van der Waals surface area contributed by atoms with Crippen LogP contribution in [0, 0.1) is 0 Å². The highest BCUT2D eigenvalue weighted by Gasteiger charge is 2.30. The summed E-state index contributed by atoms with van der Waals surface area (Å²) in [6.07, 6.45) is -5.29. The number of rotatable bonds is 3. The lowest BCUT2D eigenvalue weighted by atomic mass is 10.2. The largest absolute Gasteiger partial charge is 0.391 e. The van der Waals surface area contributed by atoms with E-state index in [0.717, 1.165) is 3.79 Å². The van der Waals surface area contributed by atoms with Crippen LogP contribution in [0.25, 0.3) is 0 Å². The predicted octanol–water partition coefficient (Wildman–Crippen LogP) is 3.58. The van der Waals surface area contributed by atoms with Gasteiger partial charge in [-0.3, -0.25) is 4.79 Å². The standard InChI is InChI=1S/C9H9BrF3NOS/c1-5(3-9(11,12)13)14-8(15)6-2-7(10)16-4-6/h2,4-5H,3H2,1H3,(H,14,15). The van der Waals surface area contributed by atoms with Crippen molar-refractivity contribution in [1.29, 1.82) is 0 Å². The Hall–Kier alpha value is -0.560. The van der Waals surface area contributed by atoms with Crippen LogP contribution in [0.15, 0.2) is 15.2 Å². The third-order valence-corrected chi connectivity index (χ3v) is 3.25. The fraction of sp³-hybridized carbons (Fsp3) is 0.444. The molecule has 1 atom stereocenters. The maximum absolute atomic E-state index is 12.0. The Morgan fingerprint density at radius 2 is 2.25 bits per heavy atom. The Morgan fingerprint density at radius 3 is 2.69 bits per heavy atom. The molecule has 0 saturated heterocycles. The fourth-order valence-corrected chi connectivity index (χ4v) is 2.27. The van der Waals surface area contributed by atoms with E-state index in [9.17, 15) is 18.0 Å². The van der Waals surface area contributed by atoms with Crippen molar-refractivity contribution in [3.8, 4) is 0 Å². The van der Waals surface area contributed by atoms with Crippen molar-refractivity contribution < 1.29 is 18.0 Å². The van der Waals surface area contributed by atoms with Crippen LogP contribution in [0.5, 0.6) is 0 Å². The van der Waals surface area contributed by atoms with E-state index in [1.165, 1.54) is 18.3 Å². The second kappa shape index (κ2) is 5.18. The average molecular weight is 316 g/mol. The molecule has 1 heterocycles.